The number of anilines is 1. The van der Waals surface area contributed by atoms with E-state index in [4.69, 9.17) is 11.6 Å². The predicted octanol–water partition coefficient (Wildman–Crippen LogP) is 3.29. The SMILES string of the molecule is C=CCCCC(C)Nc1cncc(Cl)n1. The Morgan fingerprint density at radius 3 is 3.07 bits per heavy atom. The normalized spacial score (nSPS) is 12.1. The molecule has 1 heterocycles. The molecule has 0 amide bonds. The summed E-state index contributed by atoms with van der Waals surface area (Å²) in [5.74, 6) is 0.730. The Bertz CT molecular complexity index is 314. The number of rotatable bonds is 6. The molecule has 0 radical (unpaired) electrons. The van der Waals surface area contributed by atoms with E-state index in [1.165, 1.54) is 6.20 Å². The smallest absolute Gasteiger partial charge is 0.149 e. The quantitative estimate of drug-likeness (QED) is 0.597. The lowest BCUT2D eigenvalue weighted by Gasteiger charge is -2.13. The third kappa shape index (κ3) is 4.79. The number of unbranched alkanes of at least 4 members (excludes halogenated alkanes) is 1. The molecule has 82 valence electrons. The lowest BCUT2D eigenvalue weighted by atomic mass is 10.1. The van der Waals surface area contributed by atoms with Crippen molar-refractivity contribution in [3.63, 3.8) is 0 Å². The fourth-order valence-electron chi connectivity index (χ4n) is 1.30. The molecule has 0 spiro atoms. The number of hydrogen-bond donors (Lipinski definition) is 1. The van der Waals surface area contributed by atoms with Crippen molar-refractivity contribution in [2.45, 2.75) is 32.2 Å². The summed E-state index contributed by atoms with van der Waals surface area (Å²) in [5, 5.41) is 3.66. The van der Waals surface area contributed by atoms with Crippen LogP contribution < -0.4 is 5.32 Å². The zero-order chi connectivity index (χ0) is 11.1. The number of halogens is 1. The van der Waals surface area contributed by atoms with Crippen molar-refractivity contribution in [2.24, 2.45) is 0 Å². The molecule has 1 rings (SSSR count). The molecule has 0 fully saturated rings. The molecule has 15 heavy (non-hydrogen) atoms. The molecule has 1 unspecified atom stereocenters. The Morgan fingerprint density at radius 2 is 2.40 bits per heavy atom. The second kappa shape index (κ2) is 6.40. The Labute approximate surface area is 95.6 Å². The van der Waals surface area contributed by atoms with E-state index in [1.807, 2.05) is 6.08 Å². The van der Waals surface area contributed by atoms with Crippen LogP contribution in [0.15, 0.2) is 25.0 Å². The van der Waals surface area contributed by atoms with Gasteiger partial charge >= 0.3 is 0 Å². The van der Waals surface area contributed by atoms with Crippen molar-refractivity contribution in [3.8, 4) is 0 Å². The molecular weight excluding hydrogens is 210 g/mol. The Morgan fingerprint density at radius 1 is 1.60 bits per heavy atom. The molecule has 1 aromatic rings. The van der Waals surface area contributed by atoms with Crippen molar-refractivity contribution >= 4 is 17.4 Å². The monoisotopic (exact) mass is 225 g/mol. The van der Waals surface area contributed by atoms with Gasteiger partial charge < -0.3 is 5.32 Å². The van der Waals surface area contributed by atoms with Crippen molar-refractivity contribution < 1.29 is 0 Å². The van der Waals surface area contributed by atoms with Crippen LogP contribution in [0.5, 0.6) is 0 Å². The highest BCUT2D eigenvalue weighted by Crippen LogP contribution is 2.10. The number of allylic oxidation sites excluding steroid dienone is 1. The minimum Gasteiger partial charge on any atom is -0.366 e. The highest BCUT2D eigenvalue weighted by atomic mass is 35.5. The van der Waals surface area contributed by atoms with E-state index in [0.717, 1.165) is 25.1 Å². The van der Waals surface area contributed by atoms with Crippen LogP contribution in [0.4, 0.5) is 5.82 Å². The van der Waals surface area contributed by atoms with Crippen LogP contribution in [0.25, 0.3) is 0 Å². The molecule has 0 aliphatic carbocycles. The van der Waals surface area contributed by atoms with Crippen LogP contribution in [-0.4, -0.2) is 16.0 Å². The number of nitrogens with one attached hydrogen (secondary N) is 1. The third-order valence-electron chi connectivity index (χ3n) is 2.04. The lowest BCUT2D eigenvalue weighted by Crippen LogP contribution is -2.15. The number of aromatic nitrogens is 2. The molecule has 0 saturated heterocycles. The molecule has 1 aromatic heterocycles. The predicted molar refractivity (Wildman–Crippen MR) is 64.2 cm³/mol. The molecule has 0 bridgehead atoms. The van der Waals surface area contributed by atoms with Gasteiger partial charge in [-0.15, -0.1) is 6.58 Å². The van der Waals surface area contributed by atoms with Gasteiger partial charge in [0.25, 0.3) is 0 Å². The number of hydrogen-bond acceptors (Lipinski definition) is 3. The van der Waals surface area contributed by atoms with E-state index >= 15 is 0 Å². The van der Waals surface area contributed by atoms with E-state index < -0.39 is 0 Å². The first-order chi connectivity index (χ1) is 7.22. The minimum atomic E-state index is 0.373. The van der Waals surface area contributed by atoms with Crippen molar-refractivity contribution in [2.75, 3.05) is 5.32 Å². The van der Waals surface area contributed by atoms with Gasteiger partial charge in [0.05, 0.1) is 12.4 Å². The maximum atomic E-state index is 5.73. The standard InChI is InChI=1S/C11H16ClN3/c1-3-4-5-6-9(2)14-11-8-13-7-10(12)15-11/h3,7-9H,1,4-6H2,2H3,(H,14,15). The van der Waals surface area contributed by atoms with E-state index in [-0.39, 0.29) is 0 Å². The van der Waals surface area contributed by atoms with Crippen molar-refractivity contribution in [3.05, 3.63) is 30.2 Å². The average molecular weight is 226 g/mol. The first-order valence-corrected chi connectivity index (χ1v) is 5.45. The van der Waals surface area contributed by atoms with Crippen molar-refractivity contribution in [1.82, 2.24) is 9.97 Å². The molecular formula is C11H16ClN3. The second-order valence-electron chi connectivity index (χ2n) is 3.49. The Hall–Kier alpha value is -1.09. The van der Waals surface area contributed by atoms with Gasteiger partial charge in [0.15, 0.2) is 0 Å². The van der Waals surface area contributed by atoms with Gasteiger partial charge in [-0.3, -0.25) is 4.98 Å². The van der Waals surface area contributed by atoms with Gasteiger partial charge in [0.2, 0.25) is 0 Å². The Kier molecular flexibility index (Phi) is 5.12. The molecule has 0 aromatic carbocycles. The third-order valence-corrected chi connectivity index (χ3v) is 2.23. The maximum Gasteiger partial charge on any atom is 0.149 e. The maximum absolute atomic E-state index is 5.73. The zero-order valence-electron chi connectivity index (χ0n) is 8.91. The summed E-state index contributed by atoms with van der Waals surface area (Å²) >= 11 is 5.73. The van der Waals surface area contributed by atoms with Crippen LogP contribution in [0.1, 0.15) is 26.2 Å². The zero-order valence-corrected chi connectivity index (χ0v) is 9.67. The fraction of sp³-hybridized carbons (Fsp3) is 0.455. The molecule has 0 aliphatic heterocycles. The van der Waals surface area contributed by atoms with Gasteiger partial charge in [0, 0.05) is 6.04 Å². The molecule has 3 nitrogen and oxygen atoms in total. The van der Waals surface area contributed by atoms with Crippen LogP contribution >= 0.6 is 11.6 Å². The first kappa shape index (κ1) is 12.0. The van der Waals surface area contributed by atoms with Gasteiger partial charge in [-0.25, -0.2) is 4.98 Å². The van der Waals surface area contributed by atoms with Gasteiger partial charge in [-0.2, -0.15) is 0 Å². The van der Waals surface area contributed by atoms with Crippen molar-refractivity contribution in [1.29, 1.82) is 0 Å². The molecule has 0 saturated carbocycles. The number of nitrogens with zero attached hydrogens (tertiary/aromatic N) is 2. The molecule has 0 aliphatic rings. The van der Waals surface area contributed by atoms with Crippen LogP contribution in [0.3, 0.4) is 0 Å². The summed E-state index contributed by atoms with van der Waals surface area (Å²) < 4.78 is 0. The summed E-state index contributed by atoms with van der Waals surface area (Å²) in [6.07, 6.45) is 8.40. The van der Waals surface area contributed by atoms with Gasteiger partial charge in [-0.1, -0.05) is 17.7 Å². The molecule has 1 atom stereocenters. The van der Waals surface area contributed by atoms with E-state index in [2.05, 4.69) is 28.8 Å². The highest BCUT2D eigenvalue weighted by molar-refractivity contribution is 6.29. The summed E-state index contributed by atoms with van der Waals surface area (Å²) in [5.41, 5.74) is 0. The van der Waals surface area contributed by atoms with E-state index in [1.54, 1.807) is 6.20 Å². The van der Waals surface area contributed by atoms with Gasteiger partial charge in [-0.05, 0) is 26.2 Å². The molecule has 4 heteroatoms. The van der Waals surface area contributed by atoms with Crippen LogP contribution in [0, 0.1) is 0 Å². The summed E-state index contributed by atoms with van der Waals surface area (Å²) in [7, 11) is 0. The van der Waals surface area contributed by atoms with Crippen LogP contribution in [0.2, 0.25) is 5.15 Å². The summed E-state index contributed by atoms with van der Waals surface area (Å²) in [6.45, 7) is 5.81. The topological polar surface area (TPSA) is 37.8 Å². The first-order valence-electron chi connectivity index (χ1n) is 5.07. The van der Waals surface area contributed by atoms with E-state index in [0.29, 0.717) is 11.2 Å². The van der Waals surface area contributed by atoms with E-state index in [9.17, 15) is 0 Å². The lowest BCUT2D eigenvalue weighted by molar-refractivity contribution is 0.660. The minimum absolute atomic E-state index is 0.373. The van der Waals surface area contributed by atoms with Gasteiger partial charge in [0.1, 0.15) is 11.0 Å². The summed E-state index contributed by atoms with van der Waals surface area (Å²) in [6, 6.07) is 0.373. The summed E-state index contributed by atoms with van der Waals surface area (Å²) in [4.78, 5) is 8.07. The fourth-order valence-corrected chi connectivity index (χ4v) is 1.45. The molecule has 1 N–H and O–H groups in total. The highest BCUT2D eigenvalue weighted by Gasteiger charge is 2.02. The van der Waals surface area contributed by atoms with Crippen LogP contribution in [-0.2, 0) is 0 Å². The average Bonchev–Trinajstić information content (AvgIpc) is 2.18. The largest absolute Gasteiger partial charge is 0.366 e. The Balaban J connectivity index is 2.37. The second-order valence-corrected chi connectivity index (χ2v) is 3.88.